The molecule has 0 aliphatic carbocycles. The Hall–Kier alpha value is -2.08. The van der Waals surface area contributed by atoms with Crippen LogP contribution in [0, 0.1) is 11.3 Å². The standard InChI is InChI=1S/C11H8N2O/c12-6-8-14-11-5-1-4-10-9(11)3-2-7-13-10/h1-5,7H,8H2. The summed E-state index contributed by atoms with van der Waals surface area (Å²) in [5, 5.41) is 9.34. The first-order chi connectivity index (χ1) is 6.92. The molecule has 0 bridgehead atoms. The SMILES string of the molecule is N#CCOc1cccc2ncccc12. The quantitative estimate of drug-likeness (QED) is 0.718. The van der Waals surface area contributed by atoms with Crippen molar-refractivity contribution in [3.05, 3.63) is 36.5 Å². The summed E-state index contributed by atoms with van der Waals surface area (Å²) >= 11 is 0. The zero-order valence-electron chi connectivity index (χ0n) is 7.47. The van der Waals surface area contributed by atoms with Crippen LogP contribution < -0.4 is 4.74 Å². The van der Waals surface area contributed by atoms with Crippen molar-refractivity contribution in [1.29, 1.82) is 5.26 Å². The summed E-state index contributed by atoms with van der Waals surface area (Å²) < 4.78 is 5.27. The number of hydrogen-bond donors (Lipinski definition) is 0. The molecule has 3 nitrogen and oxygen atoms in total. The molecule has 2 rings (SSSR count). The third-order valence-corrected chi connectivity index (χ3v) is 1.90. The molecule has 1 heterocycles. The maximum Gasteiger partial charge on any atom is 0.174 e. The molecule has 0 aliphatic heterocycles. The first-order valence-corrected chi connectivity index (χ1v) is 4.25. The molecule has 0 aliphatic rings. The van der Waals surface area contributed by atoms with Gasteiger partial charge in [0, 0.05) is 11.6 Å². The van der Waals surface area contributed by atoms with E-state index in [0.29, 0.717) is 5.75 Å². The van der Waals surface area contributed by atoms with Gasteiger partial charge in [-0.15, -0.1) is 0 Å². The second kappa shape index (κ2) is 3.75. The number of nitriles is 1. The number of aromatic nitrogens is 1. The fraction of sp³-hybridized carbons (Fsp3) is 0.0909. The average Bonchev–Trinajstić information content (AvgIpc) is 2.26. The monoisotopic (exact) mass is 184 g/mol. The number of rotatable bonds is 2. The van der Waals surface area contributed by atoms with Gasteiger partial charge >= 0.3 is 0 Å². The highest BCUT2D eigenvalue weighted by Crippen LogP contribution is 2.23. The first-order valence-electron chi connectivity index (χ1n) is 4.25. The van der Waals surface area contributed by atoms with Gasteiger partial charge in [-0.2, -0.15) is 5.26 Å². The summed E-state index contributed by atoms with van der Waals surface area (Å²) in [6.07, 6.45) is 1.73. The van der Waals surface area contributed by atoms with Crippen LogP contribution in [0.3, 0.4) is 0 Å². The van der Waals surface area contributed by atoms with Crippen molar-refractivity contribution in [2.45, 2.75) is 0 Å². The average molecular weight is 184 g/mol. The minimum atomic E-state index is 0.0635. The molecule has 0 saturated carbocycles. The van der Waals surface area contributed by atoms with Crippen LogP contribution in [0.25, 0.3) is 10.9 Å². The summed E-state index contributed by atoms with van der Waals surface area (Å²) in [5.74, 6) is 0.706. The smallest absolute Gasteiger partial charge is 0.174 e. The Morgan fingerprint density at radius 1 is 1.29 bits per heavy atom. The number of fused-ring (bicyclic) bond motifs is 1. The predicted molar refractivity (Wildman–Crippen MR) is 52.9 cm³/mol. The van der Waals surface area contributed by atoms with Crippen molar-refractivity contribution < 1.29 is 4.74 Å². The van der Waals surface area contributed by atoms with Crippen molar-refractivity contribution in [2.24, 2.45) is 0 Å². The molecule has 0 saturated heterocycles. The second-order valence-corrected chi connectivity index (χ2v) is 2.77. The van der Waals surface area contributed by atoms with E-state index in [-0.39, 0.29) is 6.61 Å². The number of benzene rings is 1. The largest absolute Gasteiger partial charge is 0.478 e. The highest BCUT2D eigenvalue weighted by atomic mass is 16.5. The molecule has 1 aromatic heterocycles. The molecule has 2 aromatic rings. The highest BCUT2D eigenvalue weighted by molar-refractivity contribution is 5.84. The van der Waals surface area contributed by atoms with Crippen LogP contribution in [0.15, 0.2) is 36.5 Å². The van der Waals surface area contributed by atoms with Crippen LogP contribution in [0.2, 0.25) is 0 Å². The van der Waals surface area contributed by atoms with Gasteiger partial charge in [-0.25, -0.2) is 0 Å². The minimum absolute atomic E-state index is 0.0635. The lowest BCUT2D eigenvalue weighted by molar-refractivity contribution is 0.372. The third kappa shape index (κ3) is 1.50. The molecular weight excluding hydrogens is 176 g/mol. The third-order valence-electron chi connectivity index (χ3n) is 1.90. The van der Waals surface area contributed by atoms with Gasteiger partial charge in [0.2, 0.25) is 0 Å². The zero-order valence-corrected chi connectivity index (χ0v) is 7.47. The van der Waals surface area contributed by atoms with Crippen molar-refractivity contribution in [2.75, 3.05) is 6.61 Å². The molecule has 0 radical (unpaired) electrons. The zero-order chi connectivity index (χ0) is 9.80. The summed E-state index contributed by atoms with van der Waals surface area (Å²) in [6.45, 7) is 0.0635. The van der Waals surface area contributed by atoms with Gasteiger partial charge in [-0.05, 0) is 24.3 Å². The van der Waals surface area contributed by atoms with E-state index < -0.39 is 0 Å². The first kappa shape index (κ1) is 8.52. The fourth-order valence-corrected chi connectivity index (χ4v) is 1.31. The van der Waals surface area contributed by atoms with E-state index in [0.717, 1.165) is 10.9 Å². The number of pyridine rings is 1. The number of hydrogen-bond acceptors (Lipinski definition) is 3. The lowest BCUT2D eigenvalue weighted by Crippen LogP contribution is -1.94. The van der Waals surface area contributed by atoms with E-state index in [9.17, 15) is 0 Å². The van der Waals surface area contributed by atoms with E-state index in [2.05, 4.69) is 4.98 Å². The summed E-state index contributed by atoms with van der Waals surface area (Å²) in [5.41, 5.74) is 0.878. The molecule has 3 heteroatoms. The molecule has 68 valence electrons. The maximum atomic E-state index is 8.41. The fourth-order valence-electron chi connectivity index (χ4n) is 1.31. The van der Waals surface area contributed by atoms with E-state index in [1.807, 2.05) is 36.4 Å². The molecule has 0 atom stereocenters. The Bertz CT molecular complexity index is 483. The van der Waals surface area contributed by atoms with Crippen LogP contribution in [-0.4, -0.2) is 11.6 Å². The molecule has 0 spiro atoms. The van der Waals surface area contributed by atoms with Gasteiger partial charge in [0.05, 0.1) is 5.52 Å². The van der Waals surface area contributed by atoms with Crippen LogP contribution >= 0.6 is 0 Å². The van der Waals surface area contributed by atoms with E-state index in [1.54, 1.807) is 6.20 Å². The van der Waals surface area contributed by atoms with Crippen molar-refractivity contribution in [3.63, 3.8) is 0 Å². The van der Waals surface area contributed by atoms with E-state index >= 15 is 0 Å². The molecule has 0 unspecified atom stereocenters. The molecule has 14 heavy (non-hydrogen) atoms. The van der Waals surface area contributed by atoms with Gasteiger partial charge in [-0.1, -0.05) is 6.07 Å². The van der Waals surface area contributed by atoms with Crippen molar-refractivity contribution >= 4 is 10.9 Å². The lowest BCUT2D eigenvalue weighted by atomic mass is 10.2. The van der Waals surface area contributed by atoms with Crippen molar-refractivity contribution in [3.8, 4) is 11.8 Å². The summed E-state index contributed by atoms with van der Waals surface area (Å²) in [4.78, 5) is 4.19. The molecule has 0 N–H and O–H groups in total. The molecule has 0 amide bonds. The summed E-state index contributed by atoms with van der Waals surface area (Å²) in [6, 6.07) is 11.3. The predicted octanol–water partition coefficient (Wildman–Crippen LogP) is 2.14. The Balaban J connectivity index is 2.49. The maximum absolute atomic E-state index is 8.41. The van der Waals surface area contributed by atoms with E-state index in [4.69, 9.17) is 10.00 Å². The van der Waals surface area contributed by atoms with Crippen LogP contribution in [-0.2, 0) is 0 Å². The van der Waals surface area contributed by atoms with Gasteiger partial charge in [0.25, 0.3) is 0 Å². The van der Waals surface area contributed by atoms with Crippen LogP contribution in [0.1, 0.15) is 0 Å². The Kier molecular flexibility index (Phi) is 2.28. The van der Waals surface area contributed by atoms with Crippen LogP contribution in [0.4, 0.5) is 0 Å². The Morgan fingerprint density at radius 3 is 3.07 bits per heavy atom. The van der Waals surface area contributed by atoms with Gasteiger partial charge in [-0.3, -0.25) is 4.98 Å². The Labute approximate surface area is 81.6 Å². The Morgan fingerprint density at radius 2 is 2.21 bits per heavy atom. The lowest BCUT2D eigenvalue weighted by Gasteiger charge is -2.04. The van der Waals surface area contributed by atoms with Crippen LogP contribution in [0.5, 0.6) is 5.75 Å². The summed E-state index contributed by atoms with van der Waals surface area (Å²) in [7, 11) is 0. The molecular formula is C11H8N2O. The molecule has 1 aromatic carbocycles. The number of nitrogens with zero attached hydrogens (tertiary/aromatic N) is 2. The normalized spacial score (nSPS) is 9.64. The van der Waals surface area contributed by atoms with Crippen molar-refractivity contribution in [1.82, 2.24) is 4.98 Å². The van der Waals surface area contributed by atoms with Gasteiger partial charge < -0.3 is 4.74 Å². The topological polar surface area (TPSA) is 45.9 Å². The van der Waals surface area contributed by atoms with E-state index in [1.165, 1.54) is 0 Å². The minimum Gasteiger partial charge on any atom is -0.478 e. The number of ether oxygens (including phenoxy) is 1. The second-order valence-electron chi connectivity index (χ2n) is 2.77. The molecule has 0 fully saturated rings. The van der Waals surface area contributed by atoms with Gasteiger partial charge in [0.15, 0.2) is 6.61 Å². The van der Waals surface area contributed by atoms with Gasteiger partial charge in [0.1, 0.15) is 11.8 Å². The highest BCUT2D eigenvalue weighted by Gasteiger charge is 2.00.